The maximum atomic E-state index is 12.6. The number of carbonyl (C=O) groups is 1. The zero-order chi connectivity index (χ0) is 16.2. The van der Waals surface area contributed by atoms with Crippen LogP contribution in [0.3, 0.4) is 0 Å². The number of rotatable bonds is 4. The van der Waals surface area contributed by atoms with Crippen LogP contribution in [0.5, 0.6) is 11.5 Å². The van der Waals surface area contributed by atoms with Crippen LogP contribution in [-0.2, 0) is 0 Å². The Balaban J connectivity index is 1.68. The third kappa shape index (κ3) is 3.40. The van der Waals surface area contributed by atoms with Crippen molar-refractivity contribution in [1.29, 1.82) is 0 Å². The minimum Gasteiger partial charge on any atom is -0.496 e. The summed E-state index contributed by atoms with van der Waals surface area (Å²) in [6.45, 7) is 1.17. The van der Waals surface area contributed by atoms with Crippen molar-refractivity contribution in [3.63, 3.8) is 0 Å². The second kappa shape index (κ2) is 6.87. The SMILES string of the molecule is COc1ccccc1C(=O)N1CC[C@H](Oc2ccncc2Cl)C1. The van der Waals surface area contributed by atoms with Crippen LogP contribution in [-0.4, -0.2) is 42.1 Å². The molecule has 0 N–H and O–H groups in total. The van der Waals surface area contributed by atoms with Crippen molar-refractivity contribution in [3.05, 3.63) is 53.3 Å². The zero-order valence-electron chi connectivity index (χ0n) is 12.7. The molecule has 1 fully saturated rings. The molecule has 1 atom stereocenters. The van der Waals surface area contributed by atoms with Gasteiger partial charge in [0.05, 0.1) is 19.2 Å². The summed E-state index contributed by atoms with van der Waals surface area (Å²) in [6.07, 6.45) is 3.87. The lowest BCUT2D eigenvalue weighted by Crippen LogP contribution is -2.31. The van der Waals surface area contributed by atoms with Crippen LogP contribution in [0.15, 0.2) is 42.7 Å². The summed E-state index contributed by atoms with van der Waals surface area (Å²) < 4.78 is 11.1. The molecule has 1 aromatic heterocycles. The number of hydrogen-bond donors (Lipinski definition) is 0. The number of halogens is 1. The third-order valence-corrected chi connectivity index (χ3v) is 4.08. The zero-order valence-corrected chi connectivity index (χ0v) is 13.5. The van der Waals surface area contributed by atoms with Gasteiger partial charge in [-0.05, 0) is 12.1 Å². The number of methoxy groups -OCH3 is 1. The number of ether oxygens (including phenoxy) is 2. The molecule has 0 aliphatic carbocycles. The van der Waals surface area contributed by atoms with Gasteiger partial charge >= 0.3 is 0 Å². The third-order valence-electron chi connectivity index (χ3n) is 3.80. The topological polar surface area (TPSA) is 51.7 Å². The Morgan fingerprint density at radius 3 is 2.91 bits per heavy atom. The van der Waals surface area contributed by atoms with E-state index in [9.17, 15) is 4.79 Å². The molecule has 6 heteroatoms. The van der Waals surface area contributed by atoms with Gasteiger partial charge in [0.25, 0.3) is 5.91 Å². The molecule has 3 rings (SSSR count). The predicted molar refractivity (Wildman–Crippen MR) is 87.2 cm³/mol. The highest BCUT2D eigenvalue weighted by Crippen LogP contribution is 2.27. The number of nitrogens with zero attached hydrogens (tertiary/aromatic N) is 2. The van der Waals surface area contributed by atoms with Crippen LogP contribution in [0.25, 0.3) is 0 Å². The summed E-state index contributed by atoms with van der Waals surface area (Å²) in [5.74, 6) is 1.13. The minimum atomic E-state index is -0.0754. The van der Waals surface area contributed by atoms with Crippen molar-refractivity contribution in [1.82, 2.24) is 9.88 Å². The molecule has 1 aliphatic rings. The van der Waals surface area contributed by atoms with Crippen molar-refractivity contribution in [3.8, 4) is 11.5 Å². The average molecular weight is 333 g/mol. The van der Waals surface area contributed by atoms with E-state index in [1.807, 2.05) is 12.1 Å². The highest BCUT2D eigenvalue weighted by Gasteiger charge is 2.29. The monoisotopic (exact) mass is 332 g/mol. The van der Waals surface area contributed by atoms with Gasteiger partial charge in [0.15, 0.2) is 0 Å². The largest absolute Gasteiger partial charge is 0.496 e. The molecule has 1 saturated heterocycles. The number of pyridine rings is 1. The number of benzene rings is 1. The molecular weight excluding hydrogens is 316 g/mol. The number of hydrogen-bond acceptors (Lipinski definition) is 4. The highest BCUT2D eigenvalue weighted by molar-refractivity contribution is 6.31. The van der Waals surface area contributed by atoms with Crippen molar-refractivity contribution in [2.24, 2.45) is 0 Å². The van der Waals surface area contributed by atoms with Gasteiger partial charge in [0, 0.05) is 31.4 Å². The van der Waals surface area contributed by atoms with E-state index in [1.165, 1.54) is 0 Å². The summed E-state index contributed by atoms with van der Waals surface area (Å²) in [7, 11) is 1.56. The molecule has 0 bridgehead atoms. The summed E-state index contributed by atoms with van der Waals surface area (Å²) >= 11 is 6.05. The molecule has 120 valence electrons. The smallest absolute Gasteiger partial charge is 0.257 e. The maximum absolute atomic E-state index is 12.6. The van der Waals surface area contributed by atoms with E-state index < -0.39 is 0 Å². The first-order chi connectivity index (χ1) is 11.2. The Morgan fingerprint density at radius 2 is 2.13 bits per heavy atom. The lowest BCUT2D eigenvalue weighted by atomic mass is 10.2. The molecule has 0 spiro atoms. The van der Waals surface area contributed by atoms with Crippen molar-refractivity contribution in [2.75, 3.05) is 20.2 Å². The fourth-order valence-corrected chi connectivity index (χ4v) is 2.80. The fraction of sp³-hybridized carbons (Fsp3) is 0.294. The van der Waals surface area contributed by atoms with E-state index in [0.717, 1.165) is 6.42 Å². The van der Waals surface area contributed by atoms with E-state index in [2.05, 4.69) is 4.98 Å². The predicted octanol–water partition coefficient (Wildman–Crippen LogP) is 3.04. The number of carbonyl (C=O) groups excluding carboxylic acids is 1. The first kappa shape index (κ1) is 15.6. The molecule has 1 aromatic carbocycles. The average Bonchev–Trinajstić information content (AvgIpc) is 3.05. The summed E-state index contributed by atoms with van der Waals surface area (Å²) in [4.78, 5) is 18.4. The molecule has 2 aromatic rings. The van der Waals surface area contributed by atoms with Gasteiger partial charge in [-0.3, -0.25) is 9.78 Å². The van der Waals surface area contributed by atoms with Crippen LogP contribution < -0.4 is 9.47 Å². The van der Waals surface area contributed by atoms with Crippen LogP contribution in [0.1, 0.15) is 16.8 Å². The lowest BCUT2D eigenvalue weighted by molar-refractivity contribution is 0.0769. The maximum Gasteiger partial charge on any atom is 0.257 e. The van der Waals surface area contributed by atoms with Crippen LogP contribution in [0.4, 0.5) is 0 Å². The Morgan fingerprint density at radius 1 is 1.30 bits per heavy atom. The molecule has 1 aliphatic heterocycles. The van der Waals surface area contributed by atoms with Gasteiger partial charge in [0.1, 0.15) is 22.6 Å². The number of para-hydroxylation sites is 1. The second-order valence-corrected chi connectivity index (χ2v) is 5.69. The van der Waals surface area contributed by atoms with E-state index in [1.54, 1.807) is 42.6 Å². The molecular formula is C17H17ClN2O3. The molecule has 0 unspecified atom stereocenters. The molecule has 0 saturated carbocycles. The Labute approximate surface area is 139 Å². The van der Waals surface area contributed by atoms with Gasteiger partial charge in [-0.15, -0.1) is 0 Å². The number of aromatic nitrogens is 1. The van der Waals surface area contributed by atoms with Crippen molar-refractivity contribution < 1.29 is 14.3 Å². The van der Waals surface area contributed by atoms with Crippen molar-refractivity contribution in [2.45, 2.75) is 12.5 Å². The Hall–Kier alpha value is -2.27. The lowest BCUT2D eigenvalue weighted by Gasteiger charge is -2.18. The van der Waals surface area contributed by atoms with Crippen LogP contribution in [0.2, 0.25) is 5.02 Å². The first-order valence-corrected chi connectivity index (χ1v) is 7.75. The Bertz CT molecular complexity index is 708. The van der Waals surface area contributed by atoms with Gasteiger partial charge in [-0.1, -0.05) is 23.7 Å². The first-order valence-electron chi connectivity index (χ1n) is 7.37. The molecule has 5 nitrogen and oxygen atoms in total. The number of likely N-dealkylation sites (tertiary alicyclic amines) is 1. The fourth-order valence-electron chi connectivity index (χ4n) is 2.64. The van der Waals surface area contributed by atoms with E-state index in [0.29, 0.717) is 35.2 Å². The van der Waals surface area contributed by atoms with Gasteiger partial charge in [-0.25, -0.2) is 0 Å². The van der Waals surface area contributed by atoms with Crippen molar-refractivity contribution >= 4 is 17.5 Å². The van der Waals surface area contributed by atoms with E-state index >= 15 is 0 Å². The summed E-state index contributed by atoms with van der Waals surface area (Å²) in [6, 6.07) is 8.96. The molecule has 23 heavy (non-hydrogen) atoms. The summed E-state index contributed by atoms with van der Waals surface area (Å²) in [5.41, 5.74) is 0.567. The standard InChI is InChI=1S/C17H17ClN2O3/c1-22-15-5-3-2-4-13(15)17(21)20-9-7-12(11-20)23-16-6-8-19-10-14(16)18/h2-6,8,10,12H,7,9,11H2,1H3/t12-/m0/s1. The molecule has 1 amide bonds. The van der Waals surface area contributed by atoms with Crippen LogP contribution in [0, 0.1) is 0 Å². The molecule has 2 heterocycles. The van der Waals surface area contributed by atoms with Gasteiger partial charge in [0.2, 0.25) is 0 Å². The minimum absolute atomic E-state index is 0.0469. The number of amides is 1. The van der Waals surface area contributed by atoms with E-state index in [4.69, 9.17) is 21.1 Å². The van der Waals surface area contributed by atoms with Gasteiger partial charge in [-0.2, -0.15) is 0 Å². The molecule has 0 radical (unpaired) electrons. The second-order valence-electron chi connectivity index (χ2n) is 5.29. The highest BCUT2D eigenvalue weighted by atomic mass is 35.5. The van der Waals surface area contributed by atoms with Crippen LogP contribution >= 0.6 is 11.6 Å². The summed E-state index contributed by atoms with van der Waals surface area (Å²) in [5, 5.41) is 0.474. The Kier molecular flexibility index (Phi) is 4.67. The quantitative estimate of drug-likeness (QED) is 0.863. The normalized spacial score (nSPS) is 17.1. The van der Waals surface area contributed by atoms with Gasteiger partial charge < -0.3 is 14.4 Å². The van der Waals surface area contributed by atoms with E-state index in [-0.39, 0.29) is 12.0 Å².